The molecule has 2 aliphatic rings. The van der Waals surface area contributed by atoms with Crippen molar-refractivity contribution in [2.45, 2.75) is 32.0 Å². The standard InChI is InChI=1S/C26H21ClN2O4/c1-15-11-19-12-18(6-9-21(19)33-15)24(30)22-23(17-4-7-20(27)8-5-17)29(26(32)25(22)31)14-16-3-2-10-28-13-16/h2-10,12-13,15,23,30H,11,14H2,1H3/b24-22+. The van der Waals surface area contributed by atoms with Crippen molar-refractivity contribution in [1.29, 1.82) is 0 Å². The number of nitrogens with zero attached hydrogens (tertiary/aromatic N) is 2. The summed E-state index contributed by atoms with van der Waals surface area (Å²) in [5.41, 5.74) is 2.95. The molecule has 0 radical (unpaired) electrons. The summed E-state index contributed by atoms with van der Waals surface area (Å²) in [7, 11) is 0. The maximum atomic E-state index is 13.2. The van der Waals surface area contributed by atoms with Crippen LogP contribution in [-0.4, -0.2) is 32.8 Å². The number of benzene rings is 2. The Morgan fingerprint density at radius 1 is 1.18 bits per heavy atom. The number of hydrogen-bond donors (Lipinski definition) is 1. The van der Waals surface area contributed by atoms with Crippen LogP contribution in [0.15, 0.2) is 72.6 Å². The van der Waals surface area contributed by atoms with Crippen LogP contribution in [0.1, 0.15) is 35.2 Å². The molecule has 1 aromatic heterocycles. The fourth-order valence-electron chi connectivity index (χ4n) is 4.45. The average Bonchev–Trinajstić information content (AvgIpc) is 3.31. The van der Waals surface area contributed by atoms with Crippen LogP contribution in [0.2, 0.25) is 5.02 Å². The molecule has 0 aliphatic carbocycles. The van der Waals surface area contributed by atoms with E-state index in [2.05, 4.69) is 4.98 Å². The van der Waals surface area contributed by atoms with Crippen molar-refractivity contribution in [1.82, 2.24) is 9.88 Å². The van der Waals surface area contributed by atoms with Crippen molar-refractivity contribution in [3.8, 4) is 5.75 Å². The van der Waals surface area contributed by atoms with E-state index in [9.17, 15) is 14.7 Å². The van der Waals surface area contributed by atoms with Crippen LogP contribution in [0, 0.1) is 0 Å². The molecule has 5 rings (SSSR count). The highest BCUT2D eigenvalue weighted by molar-refractivity contribution is 6.46. The first-order valence-electron chi connectivity index (χ1n) is 10.6. The third kappa shape index (κ3) is 3.87. The number of halogens is 1. The van der Waals surface area contributed by atoms with Gasteiger partial charge in [0.25, 0.3) is 11.7 Å². The van der Waals surface area contributed by atoms with Crippen molar-refractivity contribution in [2.24, 2.45) is 0 Å². The summed E-state index contributed by atoms with van der Waals surface area (Å²) in [6.07, 6.45) is 4.07. The summed E-state index contributed by atoms with van der Waals surface area (Å²) in [5, 5.41) is 11.8. The number of aromatic nitrogens is 1. The number of carbonyl (C=O) groups is 2. The number of pyridine rings is 1. The molecule has 166 valence electrons. The molecule has 0 bridgehead atoms. The molecule has 2 aliphatic heterocycles. The maximum Gasteiger partial charge on any atom is 0.295 e. The number of carbonyl (C=O) groups excluding carboxylic acids is 2. The van der Waals surface area contributed by atoms with E-state index in [-0.39, 0.29) is 24.0 Å². The van der Waals surface area contributed by atoms with Gasteiger partial charge < -0.3 is 14.7 Å². The van der Waals surface area contributed by atoms with Gasteiger partial charge in [-0.2, -0.15) is 0 Å². The summed E-state index contributed by atoms with van der Waals surface area (Å²) in [6, 6.07) is 15.1. The van der Waals surface area contributed by atoms with Gasteiger partial charge in [0.15, 0.2) is 0 Å². The summed E-state index contributed by atoms with van der Waals surface area (Å²) in [4.78, 5) is 31.9. The number of likely N-dealkylation sites (tertiary alicyclic amines) is 1. The van der Waals surface area contributed by atoms with E-state index in [1.807, 2.05) is 19.1 Å². The maximum absolute atomic E-state index is 13.2. The van der Waals surface area contributed by atoms with Crippen molar-refractivity contribution in [3.63, 3.8) is 0 Å². The first-order chi connectivity index (χ1) is 15.9. The number of Topliss-reactive ketones (excluding diaryl/α,β-unsaturated/α-hetero) is 1. The molecule has 0 saturated carbocycles. The lowest BCUT2D eigenvalue weighted by Gasteiger charge is -2.25. The normalized spacial score (nSPS) is 21.2. The Balaban J connectivity index is 1.62. The third-order valence-corrected chi connectivity index (χ3v) is 6.22. The molecular formula is C26H21ClN2O4. The van der Waals surface area contributed by atoms with Crippen molar-refractivity contribution in [3.05, 3.63) is 99.8 Å². The number of aliphatic hydroxyl groups is 1. The molecule has 2 atom stereocenters. The number of aliphatic hydroxyl groups excluding tert-OH is 1. The number of ether oxygens (including phenoxy) is 1. The van der Waals surface area contributed by atoms with Gasteiger partial charge in [-0.15, -0.1) is 0 Å². The zero-order valence-electron chi connectivity index (χ0n) is 17.9. The summed E-state index contributed by atoms with van der Waals surface area (Å²) < 4.78 is 5.74. The van der Waals surface area contributed by atoms with Crippen LogP contribution < -0.4 is 4.74 Å². The first-order valence-corrected chi connectivity index (χ1v) is 11.0. The van der Waals surface area contributed by atoms with E-state index in [1.165, 1.54) is 4.90 Å². The number of rotatable bonds is 4. The molecule has 3 aromatic rings. The van der Waals surface area contributed by atoms with Gasteiger partial charge in [0.05, 0.1) is 11.6 Å². The van der Waals surface area contributed by atoms with Gasteiger partial charge in [-0.25, -0.2) is 0 Å². The van der Waals surface area contributed by atoms with Crippen molar-refractivity contribution >= 4 is 29.1 Å². The second-order valence-electron chi connectivity index (χ2n) is 8.29. The molecule has 0 spiro atoms. The Kier molecular flexibility index (Phi) is 5.38. The highest BCUT2D eigenvalue weighted by Crippen LogP contribution is 2.41. The lowest BCUT2D eigenvalue weighted by molar-refractivity contribution is -0.140. The van der Waals surface area contributed by atoms with E-state index < -0.39 is 17.7 Å². The molecule has 2 aromatic carbocycles. The minimum atomic E-state index is -0.758. The average molecular weight is 461 g/mol. The minimum absolute atomic E-state index is 0.0523. The van der Waals surface area contributed by atoms with Gasteiger partial charge in [-0.3, -0.25) is 14.6 Å². The molecule has 33 heavy (non-hydrogen) atoms. The fourth-order valence-corrected chi connectivity index (χ4v) is 4.57. The zero-order chi connectivity index (χ0) is 23.1. The van der Waals surface area contributed by atoms with E-state index in [0.717, 1.165) is 16.9 Å². The largest absolute Gasteiger partial charge is 0.507 e. The monoisotopic (exact) mass is 460 g/mol. The predicted molar refractivity (Wildman–Crippen MR) is 124 cm³/mol. The zero-order valence-corrected chi connectivity index (χ0v) is 18.6. The molecule has 6 nitrogen and oxygen atoms in total. The number of hydrogen-bond acceptors (Lipinski definition) is 5. The number of ketones is 1. The fraction of sp³-hybridized carbons (Fsp3) is 0.192. The van der Waals surface area contributed by atoms with Crippen molar-refractivity contribution < 1.29 is 19.4 Å². The van der Waals surface area contributed by atoms with Gasteiger partial charge in [0, 0.05) is 35.9 Å². The Bertz CT molecular complexity index is 1270. The van der Waals surface area contributed by atoms with Gasteiger partial charge in [-0.05, 0) is 60.0 Å². The summed E-state index contributed by atoms with van der Waals surface area (Å²) in [6.45, 7) is 2.15. The quantitative estimate of drug-likeness (QED) is 0.347. The van der Waals surface area contributed by atoms with E-state index >= 15 is 0 Å². The highest BCUT2D eigenvalue weighted by Gasteiger charge is 2.46. The van der Waals surface area contributed by atoms with Crippen LogP contribution in [0.5, 0.6) is 5.75 Å². The Morgan fingerprint density at radius 3 is 2.70 bits per heavy atom. The second-order valence-corrected chi connectivity index (χ2v) is 8.73. The van der Waals surface area contributed by atoms with Gasteiger partial charge in [-0.1, -0.05) is 29.8 Å². The van der Waals surface area contributed by atoms with Crippen LogP contribution in [-0.2, 0) is 22.6 Å². The van der Waals surface area contributed by atoms with E-state index in [4.69, 9.17) is 16.3 Å². The Morgan fingerprint density at radius 2 is 1.97 bits per heavy atom. The molecule has 1 saturated heterocycles. The van der Waals surface area contributed by atoms with Gasteiger partial charge in [0.1, 0.15) is 17.6 Å². The molecule has 7 heteroatoms. The second kappa shape index (κ2) is 8.37. The number of amides is 1. The third-order valence-electron chi connectivity index (χ3n) is 5.97. The Hall–Kier alpha value is -3.64. The van der Waals surface area contributed by atoms with E-state index in [0.29, 0.717) is 22.6 Å². The summed E-state index contributed by atoms with van der Waals surface area (Å²) >= 11 is 6.07. The Labute approximate surface area is 196 Å². The molecular weight excluding hydrogens is 440 g/mol. The van der Waals surface area contributed by atoms with Crippen LogP contribution >= 0.6 is 11.6 Å². The van der Waals surface area contributed by atoms with Gasteiger partial charge >= 0.3 is 0 Å². The van der Waals surface area contributed by atoms with Crippen LogP contribution in [0.4, 0.5) is 0 Å². The highest BCUT2D eigenvalue weighted by atomic mass is 35.5. The number of fused-ring (bicyclic) bond motifs is 1. The molecule has 3 heterocycles. The van der Waals surface area contributed by atoms with Crippen molar-refractivity contribution in [2.75, 3.05) is 0 Å². The SMILES string of the molecule is CC1Cc2cc(/C(O)=C3\C(=O)C(=O)N(Cc4cccnc4)C3c3ccc(Cl)cc3)ccc2O1. The van der Waals surface area contributed by atoms with Gasteiger partial charge in [0.2, 0.25) is 0 Å². The van der Waals surface area contributed by atoms with E-state index in [1.54, 1.807) is 54.9 Å². The predicted octanol–water partition coefficient (Wildman–Crippen LogP) is 4.68. The smallest absolute Gasteiger partial charge is 0.295 e. The lowest BCUT2D eigenvalue weighted by Crippen LogP contribution is -2.29. The van der Waals surface area contributed by atoms with Crippen LogP contribution in [0.3, 0.4) is 0 Å². The molecule has 1 N–H and O–H groups in total. The molecule has 1 amide bonds. The first kappa shape index (κ1) is 21.2. The topological polar surface area (TPSA) is 79.7 Å². The lowest BCUT2D eigenvalue weighted by atomic mass is 9.94. The minimum Gasteiger partial charge on any atom is -0.507 e. The molecule has 1 fully saturated rings. The van der Waals surface area contributed by atoms with Crippen LogP contribution in [0.25, 0.3) is 5.76 Å². The summed E-state index contributed by atoms with van der Waals surface area (Å²) in [5.74, 6) is -0.824. The molecule has 2 unspecified atom stereocenters.